The van der Waals surface area contributed by atoms with Crippen molar-refractivity contribution in [2.45, 2.75) is 32.8 Å². The first-order chi connectivity index (χ1) is 8.58. The number of carbonyl (C=O) groups is 1. The van der Waals surface area contributed by atoms with Gasteiger partial charge in [0.1, 0.15) is 18.1 Å². The average molecular weight is 253 g/mol. The molecule has 0 saturated carbocycles. The number of carboxylic acids is 1. The van der Waals surface area contributed by atoms with Crippen LogP contribution in [0, 0.1) is 5.92 Å². The molecule has 1 aliphatic heterocycles. The van der Waals surface area contributed by atoms with Crippen molar-refractivity contribution >= 4 is 11.7 Å². The Bertz CT molecular complexity index is 436. The minimum Gasteiger partial charge on any atom is -0.483 e. The van der Waals surface area contributed by atoms with Crippen molar-refractivity contribution in [3.63, 3.8) is 0 Å². The van der Waals surface area contributed by atoms with Gasteiger partial charge in [0.25, 0.3) is 0 Å². The molecule has 0 bridgehead atoms. The molecule has 0 aliphatic carbocycles. The van der Waals surface area contributed by atoms with Gasteiger partial charge in [-0.1, -0.05) is 13.8 Å². The van der Waals surface area contributed by atoms with Gasteiger partial charge < -0.3 is 19.2 Å². The molecule has 100 valence electrons. The standard InChI is InChI=1S/C13H19NO4/c1-4-8(5-2)9-6-14(3)11-10(18-9)7-17-12(11)13(15)16/h7-9H,4-6H2,1-3H3,(H,15,16). The van der Waals surface area contributed by atoms with Crippen LogP contribution in [-0.2, 0) is 0 Å². The summed E-state index contributed by atoms with van der Waals surface area (Å²) in [5, 5.41) is 9.04. The van der Waals surface area contributed by atoms with Gasteiger partial charge in [-0.2, -0.15) is 0 Å². The molecule has 0 amide bonds. The Morgan fingerprint density at radius 2 is 2.22 bits per heavy atom. The molecule has 0 saturated heterocycles. The van der Waals surface area contributed by atoms with Crippen molar-refractivity contribution in [2.75, 3.05) is 18.5 Å². The molecule has 0 spiro atoms. The monoisotopic (exact) mass is 253 g/mol. The van der Waals surface area contributed by atoms with Crippen molar-refractivity contribution in [2.24, 2.45) is 5.92 Å². The Kier molecular flexibility index (Phi) is 3.50. The van der Waals surface area contributed by atoms with E-state index in [2.05, 4.69) is 13.8 Å². The highest BCUT2D eigenvalue weighted by atomic mass is 16.5. The summed E-state index contributed by atoms with van der Waals surface area (Å²) in [6.07, 6.45) is 3.59. The van der Waals surface area contributed by atoms with Crippen molar-refractivity contribution in [1.82, 2.24) is 0 Å². The van der Waals surface area contributed by atoms with Gasteiger partial charge in [-0.05, 0) is 18.8 Å². The molecular weight excluding hydrogens is 234 g/mol. The Balaban J connectivity index is 2.28. The fraction of sp³-hybridized carbons (Fsp3) is 0.615. The molecule has 2 rings (SSSR count). The van der Waals surface area contributed by atoms with E-state index in [1.165, 1.54) is 6.26 Å². The summed E-state index contributed by atoms with van der Waals surface area (Å²) in [6.45, 7) is 4.98. The van der Waals surface area contributed by atoms with E-state index in [9.17, 15) is 4.79 Å². The number of carboxylic acid groups (broad SMARTS) is 1. The second-order valence-corrected chi connectivity index (χ2v) is 4.70. The lowest BCUT2D eigenvalue weighted by atomic mass is 9.95. The molecule has 1 aliphatic rings. The maximum atomic E-state index is 11.0. The molecule has 5 nitrogen and oxygen atoms in total. The van der Waals surface area contributed by atoms with E-state index in [1.54, 1.807) is 0 Å². The highest BCUT2D eigenvalue weighted by molar-refractivity contribution is 5.93. The van der Waals surface area contributed by atoms with Crippen molar-refractivity contribution in [1.29, 1.82) is 0 Å². The fourth-order valence-electron chi connectivity index (χ4n) is 2.55. The molecule has 2 heterocycles. The summed E-state index contributed by atoms with van der Waals surface area (Å²) in [5.41, 5.74) is 0.546. The first-order valence-electron chi connectivity index (χ1n) is 6.31. The smallest absolute Gasteiger partial charge is 0.374 e. The number of furan rings is 1. The first kappa shape index (κ1) is 12.8. The van der Waals surface area contributed by atoms with Gasteiger partial charge >= 0.3 is 5.97 Å². The predicted molar refractivity (Wildman–Crippen MR) is 67.4 cm³/mol. The van der Waals surface area contributed by atoms with Crippen LogP contribution in [0.4, 0.5) is 5.69 Å². The number of hydrogen-bond acceptors (Lipinski definition) is 4. The molecule has 1 aromatic heterocycles. The van der Waals surface area contributed by atoms with Gasteiger partial charge in [-0.3, -0.25) is 0 Å². The number of ether oxygens (including phenoxy) is 1. The molecule has 0 aromatic carbocycles. The number of anilines is 1. The van der Waals surface area contributed by atoms with Crippen molar-refractivity contribution in [3.8, 4) is 5.75 Å². The molecule has 0 radical (unpaired) electrons. The molecular formula is C13H19NO4. The van der Waals surface area contributed by atoms with Gasteiger partial charge in [0.2, 0.25) is 5.76 Å². The van der Waals surface area contributed by atoms with E-state index in [4.69, 9.17) is 14.3 Å². The molecule has 0 fully saturated rings. The van der Waals surface area contributed by atoms with Gasteiger partial charge in [-0.15, -0.1) is 0 Å². The lowest BCUT2D eigenvalue weighted by Gasteiger charge is -2.35. The number of rotatable bonds is 4. The van der Waals surface area contributed by atoms with E-state index < -0.39 is 5.97 Å². The van der Waals surface area contributed by atoms with Gasteiger partial charge in [-0.25, -0.2) is 4.79 Å². The molecule has 1 aromatic rings. The van der Waals surface area contributed by atoms with Crippen LogP contribution in [0.15, 0.2) is 10.7 Å². The largest absolute Gasteiger partial charge is 0.483 e. The topological polar surface area (TPSA) is 62.9 Å². The fourth-order valence-corrected chi connectivity index (χ4v) is 2.55. The Morgan fingerprint density at radius 1 is 1.56 bits per heavy atom. The van der Waals surface area contributed by atoms with Gasteiger partial charge in [0.15, 0.2) is 5.75 Å². The minimum absolute atomic E-state index is 0.0458. The maximum Gasteiger partial charge on any atom is 0.374 e. The number of hydrogen-bond donors (Lipinski definition) is 1. The Hall–Kier alpha value is -1.65. The lowest BCUT2D eigenvalue weighted by Crippen LogP contribution is -2.42. The highest BCUT2D eigenvalue weighted by Gasteiger charge is 2.34. The third-order valence-corrected chi connectivity index (χ3v) is 3.61. The van der Waals surface area contributed by atoms with Crippen LogP contribution in [-0.4, -0.2) is 30.8 Å². The quantitative estimate of drug-likeness (QED) is 0.893. The van der Waals surface area contributed by atoms with Crippen LogP contribution >= 0.6 is 0 Å². The van der Waals surface area contributed by atoms with Gasteiger partial charge in [0.05, 0.1) is 6.54 Å². The second-order valence-electron chi connectivity index (χ2n) is 4.70. The first-order valence-corrected chi connectivity index (χ1v) is 6.31. The van der Waals surface area contributed by atoms with E-state index in [1.807, 2.05) is 11.9 Å². The van der Waals surface area contributed by atoms with Crippen LogP contribution in [0.3, 0.4) is 0 Å². The Morgan fingerprint density at radius 3 is 2.78 bits per heavy atom. The number of nitrogens with zero attached hydrogens (tertiary/aromatic N) is 1. The minimum atomic E-state index is -1.06. The molecule has 5 heteroatoms. The molecule has 1 N–H and O–H groups in total. The second kappa shape index (κ2) is 4.92. The zero-order chi connectivity index (χ0) is 13.3. The molecule has 1 atom stereocenters. The zero-order valence-corrected chi connectivity index (χ0v) is 11.0. The van der Waals surface area contributed by atoms with Crippen LogP contribution in [0.2, 0.25) is 0 Å². The maximum absolute atomic E-state index is 11.0. The number of likely N-dealkylation sites (N-methyl/N-ethyl adjacent to an activating group) is 1. The summed E-state index contributed by atoms with van der Waals surface area (Å²) < 4.78 is 11.0. The molecule has 18 heavy (non-hydrogen) atoms. The van der Waals surface area contributed by atoms with Crippen LogP contribution in [0.1, 0.15) is 37.2 Å². The summed E-state index contributed by atoms with van der Waals surface area (Å²) >= 11 is 0. The van der Waals surface area contributed by atoms with Crippen molar-refractivity contribution < 1.29 is 19.1 Å². The third-order valence-electron chi connectivity index (χ3n) is 3.61. The average Bonchev–Trinajstić information content (AvgIpc) is 2.75. The lowest BCUT2D eigenvalue weighted by molar-refractivity contribution is 0.0663. The zero-order valence-electron chi connectivity index (χ0n) is 11.0. The molecule has 1 unspecified atom stereocenters. The number of fused-ring (bicyclic) bond motifs is 1. The summed E-state index contributed by atoms with van der Waals surface area (Å²) in [5.74, 6) is -0.0926. The van der Waals surface area contributed by atoms with Gasteiger partial charge in [0, 0.05) is 7.05 Å². The SMILES string of the molecule is CCC(CC)C1CN(C)c2c(coc2C(=O)O)O1. The highest BCUT2D eigenvalue weighted by Crippen LogP contribution is 2.39. The van der Waals surface area contributed by atoms with Crippen LogP contribution in [0.25, 0.3) is 0 Å². The normalized spacial score (nSPS) is 18.7. The van der Waals surface area contributed by atoms with E-state index in [-0.39, 0.29) is 11.9 Å². The summed E-state index contributed by atoms with van der Waals surface area (Å²) in [4.78, 5) is 12.9. The van der Waals surface area contributed by atoms with Crippen LogP contribution < -0.4 is 9.64 Å². The Labute approximate surface area is 106 Å². The third kappa shape index (κ3) is 2.05. The van der Waals surface area contributed by atoms with Crippen molar-refractivity contribution in [3.05, 3.63) is 12.0 Å². The van der Waals surface area contributed by atoms with E-state index in [0.717, 1.165) is 12.8 Å². The number of aromatic carboxylic acids is 1. The summed E-state index contributed by atoms with van der Waals surface area (Å²) in [7, 11) is 1.87. The van der Waals surface area contributed by atoms with E-state index >= 15 is 0 Å². The van der Waals surface area contributed by atoms with E-state index in [0.29, 0.717) is 23.9 Å². The van der Waals surface area contributed by atoms with Crippen LogP contribution in [0.5, 0.6) is 5.75 Å². The summed E-state index contributed by atoms with van der Waals surface area (Å²) in [6, 6.07) is 0. The predicted octanol–water partition coefficient (Wildman–Crippen LogP) is 2.61.